The van der Waals surface area contributed by atoms with Crippen LogP contribution >= 0.6 is 0 Å². The fourth-order valence-electron chi connectivity index (χ4n) is 1.40. The zero-order chi connectivity index (χ0) is 14.6. The van der Waals surface area contributed by atoms with Crippen molar-refractivity contribution in [2.24, 2.45) is 11.7 Å². The molecule has 0 radical (unpaired) electrons. The number of halogens is 2. The number of nitrogen functional groups attached to an aromatic ring is 1. The number of hydrogen-bond donors (Lipinski definition) is 3. The van der Waals surface area contributed by atoms with Crippen molar-refractivity contribution >= 4 is 11.7 Å². The molecule has 0 saturated carbocycles. The lowest BCUT2D eigenvalue weighted by molar-refractivity contribution is -0.124. The third-order valence-corrected chi connectivity index (χ3v) is 2.46. The third kappa shape index (κ3) is 3.97. The van der Waals surface area contributed by atoms with Gasteiger partial charge in [0.15, 0.2) is 0 Å². The van der Waals surface area contributed by atoms with Crippen LogP contribution in [0.5, 0.6) is 0 Å². The summed E-state index contributed by atoms with van der Waals surface area (Å²) in [5.41, 5.74) is 5.14. The summed E-state index contributed by atoms with van der Waals surface area (Å²) in [5.74, 6) is -0.789. The van der Waals surface area contributed by atoms with Gasteiger partial charge in [0.05, 0.1) is 0 Å². The zero-order valence-corrected chi connectivity index (χ0v) is 10.7. The predicted octanol–water partition coefficient (Wildman–Crippen LogP) is 1.58. The van der Waals surface area contributed by atoms with Crippen LogP contribution in [0.2, 0.25) is 0 Å². The van der Waals surface area contributed by atoms with E-state index in [1.807, 2.05) is 0 Å². The quantitative estimate of drug-likeness (QED) is 0.560. The first-order valence-corrected chi connectivity index (χ1v) is 5.72. The summed E-state index contributed by atoms with van der Waals surface area (Å²) < 4.78 is 25.3. The minimum Gasteiger partial charge on any atom is -0.384 e. The largest absolute Gasteiger partial charge is 0.384 e. The first kappa shape index (κ1) is 15.0. The fraction of sp³-hybridized carbons (Fsp3) is 0.417. The number of carbonyl (C=O) groups excluding carboxylic acids is 1. The van der Waals surface area contributed by atoms with Crippen LogP contribution in [0.3, 0.4) is 0 Å². The van der Waals surface area contributed by atoms with E-state index in [4.69, 9.17) is 11.1 Å². The van der Waals surface area contributed by atoms with Crippen LogP contribution < -0.4 is 11.1 Å². The van der Waals surface area contributed by atoms with Crippen LogP contribution in [0.25, 0.3) is 0 Å². The zero-order valence-electron chi connectivity index (χ0n) is 10.7. The minimum absolute atomic E-state index is 0.105. The van der Waals surface area contributed by atoms with Gasteiger partial charge < -0.3 is 11.1 Å². The lowest BCUT2D eigenvalue weighted by Gasteiger charge is -2.11. The molecule has 0 aromatic carbocycles. The molecule has 0 saturated heterocycles. The predicted molar refractivity (Wildman–Crippen MR) is 66.9 cm³/mol. The van der Waals surface area contributed by atoms with E-state index in [-0.39, 0.29) is 23.9 Å². The number of nitrogens with two attached hydrogens (primary N) is 1. The molecule has 1 aromatic rings. The van der Waals surface area contributed by atoms with Crippen molar-refractivity contribution in [1.82, 2.24) is 10.3 Å². The number of alkyl halides is 2. The molecule has 0 aliphatic heterocycles. The molecular formula is C12H16F2N4O. The average Bonchev–Trinajstić information content (AvgIpc) is 2.35. The van der Waals surface area contributed by atoms with Gasteiger partial charge in [-0.2, -0.15) is 0 Å². The fourth-order valence-corrected chi connectivity index (χ4v) is 1.40. The standard InChI is InChI=1S/C12H16F2N4O/c1-6(2)12(19)18-5-7-3-8(11(15)16)9(10(13)14)17-4-7/h3-4,6,10H,5H2,1-2H3,(H3,15,16)(H,18,19). The topological polar surface area (TPSA) is 91.9 Å². The lowest BCUT2D eigenvalue weighted by atomic mass is 10.1. The molecule has 1 rings (SSSR count). The molecule has 0 fully saturated rings. The number of amides is 1. The molecule has 0 aliphatic carbocycles. The Hall–Kier alpha value is -2.05. The highest BCUT2D eigenvalue weighted by Gasteiger charge is 2.17. The highest BCUT2D eigenvalue weighted by atomic mass is 19.3. The molecule has 0 spiro atoms. The van der Waals surface area contributed by atoms with Gasteiger partial charge in [0.2, 0.25) is 5.91 Å². The maximum atomic E-state index is 12.7. The van der Waals surface area contributed by atoms with Crippen molar-refractivity contribution < 1.29 is 13.6 Å². The van der Waals surface area contributed by atoms with E-state index in [0.717, 1.165) is 0 Å². The van der Waals surface area contributed by atoms with Crippen LogP contribution in [0.15, 0.2) is 12.3 Å². The Bertz CT molecular complexity index is 489. The van der Waals surface area contributed by atoms with E-state index in [2.05, 4.69) is 10.3 Å². The summed E-state index contributed by atoms with van der Waals surface area (Å²) in [6, 6.07) is 1.34. The summed E-state index contributed by atoms with van der Waals surface area (Å²) in [7, 11) is 0. The Labute approximate surface area is 109 Å². The number of nitrogens with one attached hydrogen (secondary N) is 2. The van der Waals surface area contributed by atoms with E-state index in [1.54, 1.807) is 13.8 Å². The number of hydrogen-bond acceptors (Lipinski definition) is 3. The van der Waals surface area contributed by atoms with Gasteiger partial charge >= 0.3 is 0 Å². The van der Waals surface area contributed by atoms with E-state index < -0.39 is 18.0 Å². The van der Waals surface area contributed by atoms with Crippen LogP contribution in [0.4, 0.5) is 8.78 Å². The van der Waals surface area contributed by atoms with Crippen molar-refractivity contribution in [3.05, 3.63) is 29.1 Å². The highest BCUT2D eigenvalue weighted by molar-refractivity contribution is 5.96. The van der Waals surface area contributed by atoms with Gasteiger partial charge in [-0.05, 0) is 11.6 Å². The smallest absolute Gasteiger partial charge is 0.281 e. The van der Waals surface area contributed by atoms with Gasteiger partial charge in [0.25, 0.3) is 6.43 Å². The summed E-state index contributed by atoms with van der Waals surface area (Å²) in [4.78, 5) is 15.0. The number of carbonyl (C=O) groups is 1. The monoisotopic (exact) mass is 270 g/mol. The van der Waals surface area contributed by atoms with Gasteiger partial charge in [-0.15, -0.1) is 0 Å². The number of nitrogens with zero attached hydrogens (tertiary/aromatic N) is 1. The summed E-state index contributed by atoms with van der Waals surface area (Å²) in [6.45, 7) is 3.65. The van der Waals surface area contributed by atoms with Crippen LogP contribution in [0.1, 0.15) is 37.1 Å². The van der Waals surface area contributed by atoms with E-state index in [1.165, 1.54) is 12.3 Å². The molecule has 5 nitrogen and oxygen atoms in total. The van der Waals surface area contributed by atoms with Crippen LogP contribution in [-0.2, 0) is 11.3 Å². The van der Waals surface area contributed by atoms with Crippen molar-refractivity contribution in [3.63, 3.8) is 0 Å². The molecular weight excluding hydrogens is 254 g/mol. The molecule has 104 valence electrons. The van der Waals surface area contributed by atoms with Gasteiger partial charge in [-0.25, -0.2) is 8.78 Å². The molecule has 1 amide bonds. The Morgan fingerprint density at radius 3 is 2.63 bits per heavy atom. The Balaban J connectivity index is 2.90. The maximum absolute atomic E-state index is 12.7. The molecule has 7 heteroatoms. The van der Waals surface area contributed by atoms with Crippen molar-refractivity contribution in [1.29, 1.82) is 5.41 Å². The summed E-state index contributed by atoms with van der Waals surface area (Å²) >= 11 is 0. The van der Waals surface area contributed by atoms with Crippen molar-refractivity contribution in [2.75, 3.05) is 0 Å². The average molecular weight is 270 g/mol. The molecule has 0 unspecified atom stereocenters. The van der Waals surface area contributed by atoms with Gasteiger partial charge in [0, 0.05) is 24.2 Å². The molecule has 1 heterocycles. The number of amidine groups is 1. The van der Waals surface area contributed by atoms with E-state index in [0.29, 0.717) is 5.56 Å². The van der Waals surface area contributed by atoms with E-state index in [9.17, 15) is 13.6 Å². The lowest BCUT2D eigenvalue weighted by Crippen LogP contribution is -2.27. The molecule has 4 N–H and O–H groups in total. The van der Waals surface area contributed by atoms with Crippen LogP contribution in [-0.4, -0.2) is 16.7 Å². The first-order chi connectivity index (χ1) is 8.82. The normalized spacial score (nSPS) is 10.8. The number of rotatable bonds is 5. The highest BCUT2D eigenvalue weighted by Crippen LogP contribution is 2.21. The molecule has 0 aliphatic rings. The Morgan fingerprint density at radius 1 is 1.53 bits per heavy atom. The second-order valence-corrected chi connectivity index (χ2v) is 4.36. The summed E-state index contributed by atoms with van der Waals surface area (Å²) in [6.07, 6.45) is -1.55. The minimum atomic E-state index is -2.79. The second kappa shape index (κ2) is 6.21. The Morgan fingerprint density at radius 2 is 2.16 bits per heavy atom. The molecule has 19 heavy (non-hydrogen) atoms. The third-order valence-electron chi connectivity index (χ3n) is 2.46. The molecule has 0 atom stereocenters. The van der Waals surface area contributed by atoms with Crippen LogP contribution in [0, 0.1) is 11.3 Å². The Kier molecular flexibility index (Phi) is 4.91. The number of pyridine rings is 1. The SMILES string of the molecule is CC(C)C(=O)NCc1cnc(C(F)F)c(C(=N)N)c1. The molecule has 1 aromatic heterocycles. The second-order valence-electron chi connectivity index (χ2n) is 4.36. The van der Waals surface area contributed by atoms with Gasteiger partial charge in [0.1, 0.15) is 11.5 Å². The van der Waals surface area contributed by atoms with Crippen molar-refractivity contribution in [2.45, 2.75) is 26.8 Å². The van der Waals surface area contributed by atoms with Gasteiger partial charge in [-0.1, -0.05) is 13.8 Å². The van der Waals surface area contributed by atoms with Crippen molar-refractivity contribution in [3.8, 4) is 0 Å². The molecule has 0 bridgehead atoms. The maximum Gasteiger partial charge on any atom is 0.281 e. The van der Waals surface area contributed by atoms with Gasteiger partial charge in [-0.3, -0.25) is 15.2 Å². The first-order valence-electron chi connectivity index (χ1n) is 5.72. The van der Waals surface area contributed by atoms with E-state index >= 15 is 0 Å². The number of aromatic nitrogens is 1. The summed E-state index contributed by atoms with van der Waals surface area (Å²) in [5, 5.41) is 9.90.